The average Bonchev–Trinajstić information content (AvgIpc) is 2.40. The van der Waals surface area contributed by atoms with Gasteiger partial charge in [0, 0.05) is 0 Å². The fraction of sp³-hybridized carbons (Fsp3) is 0.500. The molecule has 2 rings (SSSR count). The molecule has 0 fully saturated rings. The highest BCUT2D eigenvalue weighted by molar-refractivity contribution is 5.35. The normalized spacial score (nSPS) is 27.2. The van der Waals surface area contributed by atoms with Gasteiger partial charge in [0.05, 0.1) is 0 Å². The Balaban J connectivity index is 2.40. The zero-order valence-electron chi connectivity index (χ0n) is 7.88. The lowest BCUT2D eigenvalue weighted by Crippen LogP contribution is -2.01. The summed E-state index contributed by atoms with van der Waals surface area (Å²) in [4.78, 5) is 0. The van der Waals surface area contributed by atoms with E-state index < -0.39 is 0 Å². The minimum Gasteiger partial charge on any atom is -0.0648 e. The van der Waals surface area contributed by atoms with Gasteiger partial charge in [-0.05, 0) is 35.8 Å². The Morgan fingerprint density at radius 2 is 2.08 bits per heavy atom. The van der Waals surface area contributed by atoms with Crippen molar-refractivity contribution in [2.75, 3.05) is 0 Å². The molecule has 0 saturated heterocycles. The Morgan fingerprint density at radius 3 is 2.83 bits per heavy atom. The van der Waals surface area contributed by atoms with E-state index in [9.17, 15) is 0 Å². The molecule has 0 aromatic heterocycles. The highest BCUT2D eigenvalue weighted by Gasteiger charge is 2.26. The van der Waals surface area contributed by atoms with Gasteiger partial charge in [-0.25, -0.2) is 0 Å². The summed E-state index contributed by atoms with van der Waals surface area (Å²) < 4.78 is 0. The van der Waals surface area contributed by atoms with E-state index in [1.807, 2.05) is 0 Å². The van der Waals surface area contributed by atoms with E-state index >= 15 is 0 Å². The molecule has 0 spiro atoms. The van der Waals surface area contributed by atoms with Crippen molar-refractivity contribution in [3.8, 4) is 0 Å². The van der Waals surface area contributed by atoms with Gasteiger partial charge in [-0.1, -0.05) is 38.1 Å². The molecule has 0 radical (unpaired) electrons. The number of hydrogen-bond donors (Lipinski definition) is 0. The van der Waals surface area contributed by atoms with Crippen LogP contribution in [-0.2, 0) is 6.42 Å². The summed E-state index contributed by atoms with van der Waals surface area (Å²) in [7, 11) is 0. The minimum atomic E-state index is 0.821. The zero-order valence-corrected chi connectivity index (χ0v) is 7.88. The number of rotatable bonds is 1. The standard InChI is InChI=1S/C12H16/c1-3-11-9(2)8-10-6-4-5-7-12(10)11/h4-7,9,11H,3,8H2,1-2H3/t9-,11-/m0/s1. The van der Waals surface area contributed by atoms with E-state index in [0.29, 0.717) is 0 Å². The van der Waals surface area contributed by atoms with Crippen molar-refractivity contribution >= 4 is 0 Å². The lowest BCUT2D eigenvalue weighted by atomic mass is 9.92. The van der Waals surface area contributed by atoms with Crippen LogP contribution in [-0.4, -0.2) is 0 Å². The maximum Gasteiger partial charge on any atom is -0.0133 e. The Labute approximate surface area is 74.6 Å². The molecule has 0 N–H and O–H groups in total. The van der Waals surface area contributed by atoms with Crippen LogP contribution in [0, 0.1) is 5.92 Å². The topological polar surface area (TPSA) is 0 Å². The van der Waals surface area contributed by atoms with E-state index in [1.54, 1.807) is 11.1 Å². The molecular formula is C12H16. The van der Waals surface area contributed by atoms with E-state index in [0.717, 1.165) is 11.8 Å². The van der Waals surface area contributed by atoms with Crippen molar-refractivity contribution < 1.29 is 0 Å². The monoisotopic (exact) mass is 160 g/mol. The van der Waals surface area contributed by atoms with Crippen LogP contribution in [0.5, 0.6) is 0 Å². The highest BCUT2D eigenvalue weighted by atomic mass is 14.3. The van der Waals surface area contributed by atoms with Gasteiger partial charge in [0.25, 0.3) is 0 Å². The molecule has 0 saturated carbocycles. The summed E-state index contributed by atoms with van der Waals surface area (Å²) in [5, 5.41) is 0. The number of hydrogen-bond acceptors (Lipinski definition) is 0. The van der Waals surface area contributed by atoms with E-state index in [1.165, 1.54) is 12.8 Å². The molecule has 0 heterocycles. The molecule has 0 heteroatoms. The summed E-state index contributed by atoms with van der Waals surface area (Å²) in [6.07, 6.45) is 2.58. The molecule has 1 aliphatic carbocycles. The molecule has 12 heavy (non-hydrogen) atoms. The van der Waals surface area contributed by atoms with Crippen molar-refractivity contribution in [2.24, 2.45) is 5.92 Å². The fourth-order valence-electron chi connectivity index (χ4n) is 2.50. The molecule has 1 aromatic carbocycles. The van der Waals surface area contributed by atoms with Crippen molar-refractivity contribution in [1.29, 1.82) is 0 Å². The average molecular weight is 160 g/mol. The van der Waals surface area contributed by atoms with Crippen LogP contribution < -0.4 is 0 Å². The lowest BCUT2D eigenvalue weighted by Gasteiger charge is -2.13. The van der Waals surface area contributed by atoms with Gasteiger partial charge in [0.15, 0.2) is 0 Å². The Kier molecular flexibility index (Phi) is 1.92. The molecule has 0 unspecified atom stereocenters. The quantitative estimate of drug-likeness (QED) is 0.591. The first-order chi connectivity index (χ1) is 5.83. The van der Waals surface area contributed by atoms with Crippen molar-refractivity contribution in [1.82, 2.24) is 0 Å². The first-order valence-electron chi connectivity index (χ1n) is 4.90. The Hall–Kier alpha value is -0.780. The predicted octanol–water partition coefficient (Wildman–Crippen LogP) is 3.37. The summed E-state index contributed by atoms with van der Waals surface area (Å²) >= 11 is 0. The van der Waals surface area contributed by atoms with Crippen LogP contribution in [0.25, 0.3) is 0 Å². The molecule has 64 valence electrons. The molecule has 0 nitrogen and oxygen atoms in total. The molecule has 0 aliphatic heterocycles. The summed E-state index contributed by atoms with van der Waals surface area (Å²) in [5.74, 6) is 1.67. The lowest BCUT2D eigenvalue weighted by molar-refractivity contribution is 0.486. The minimum absolute atomic E-state index is 0.821. The van der Waals surface area contributed by atoms with Crippen molar-refractivity contribution in [3.63, 3.8) is 0 Å². The first-order valence-corrected chi connectivity index (χ1v) is 4.90. The van der Waals surface area contributed by atoms with E-state index in [-0.39, 0.29) is 0 Å². The van der Waals surface area contributed by atoms with Gasteiger partial charge in [-0.2, -0.15) is 0 Å². The highest BCUT2D eigenvalue weighted by Crippen LogP contribution is 2.39. The second-order valence-electron chi connectivity index (χ2n) is 3.89. The fourth-order valence-corrected chi connectivity index (χ4v) is 2.50. The molecular weight excluding hydrogens is 144 g/mol. The van der Waals surface area contributed by atoms with Gasteiger partial charge >= 0.3 is 0 Å². The third-order valence-electron chi connectivity index (χ3n) is 3.12. The Bertz CT molecular complexity index is 275. The SMILES string of the molecule is CC[C@@H]1c2ccccc2C[C@@H]1C. The molecule has 0 bridgehead atoms. The van der Waals surface area contributed by atoms with Crippen LogP contribution in [0.3, 0.4) is 0 Å². The van der Waals surface area contributed by atoms with Crippen LogP contribution in [0.4, 0.5) is 0 Å². The second-order valence-corrected chi connectivity index (χ2v) is 3.89. The van der Waals surface area contributed by atoms with Gasteiger partial charge in [0.1, 0.15) is 0 Å². The summed E-state index contributed by atoms with van der Waals surface area (Å²) in [5.41, 5.74) is 3.18. The molecule has 0 amide bonds. The number of benzene rings is 1. The predicted molar refractivity (Wildman–Crippen MR) is 52.3 cm³/mol. The Morgan fingerprint density at radius 1 is 1.33 bits per heavy atom. The maximum atomic E-state index is 2.37. The van der Waals surface area contributed by atoms with Crippen LogP contribution in [0.15, 0.2) is 24.3 Å². The zero-order chi connectivity index (χ0) is 8.55. The van der Waals surface area contributed by atoms with Gasteiger partial charge in [0.2, 0.25) is 0 Å². The van der Waals surface area contributed by atoms with Crippen LogP contribution in [0.2, 0.25) is 0 Å². The smallest absolute Gasteiger partial charge is 0.0133 e. The van der Waals surface area contributed by atoms with Crippen LogP contribution >= 0.6 is 0 Å². The van der Waals surface area contributed by atoms with Gasteiger partial charge < -0.3 is 0 Å². The molecule has 1 aromatic rings. The van der Waals surface area contributed by atoms with Gasteiger partial charge in [-0.3, -0.25) is 0 Å². The maximum absolute atomic E-state index is 2.37. The summed E-state index contributed by atoms with van der Waals surface area (Å²) in [6, 6.07) is 8.90. The van der Waals surface area contributed by atoms with Crippen molar-refractivity contribution in [3.05, 3.63) is 35.4 Å². The largest absolute Gasteiger partial charge is 0.0648 e. The van der Waals surface area contributed by atoms with E-state index in [4.69, 9.17) is 0 Å². The van der Waals surface area contributed by atoms with E-state index in [2.05, 4.69) is 38.1 Å². The molecule has 1 aliphatic rings. The first kappa shape index (κ1) is 7.85. The third kappa shape index (κ3) is 1.06. The number of fused-ring (bicyclic) bond motifs is 1. The third-order valence-corrected chi connectivity index (χ3v) is 3.12. The second kappa shape index (κ2) is 2.93. The molecule has 2 atom stereocenters. The summed E-state index contributed by atoms with van der Waals surface area (Å²) in [6.45, 7) is 4.66. The van der Waals surface area contributed by atoms with Crippen LogP contribution in [0.1, 0.15) is 37.3 Å². The van der Waals surface area contributed by atoms with Crippen molar-refractivity contribution in [2.45, 2.75) is 32.6 Å². The van der Waals surface area contributed by atoms with Gasteiger partial charge in [-0.15, -0.1) is 0 Å².